The van der Waals surface area contributed by atoms with E-state index < -0.39 is 0 Å². The van der Waals surface area contributed by atoms with Crippen LogP contribution < -0.4 is 10.5 Å². The Bertz CT molecular complexity index is 1470. The molecule has 31 heavy (non-hydrogen) atoms. The first kappa shape index (κ1) is 19.5. The zero-order valence-electron chi connectivity index (χ0n) is 17.0. The smallest absolute Gasteiger partial charge is 0.266 e. The molecule has 2 heterocycles. The van der Waals surface area contributed by atoms with Crippen molar-refractivity contribution < 1.29 is 4.79 Å². The van der Waals surface area contributed by atoms with E-state index in [-0.39, 0.29) is 11.5 Å². The van der Waals surface area contributed by atoms with Crippen LogP contribution in [0.25, 0.3) is 28.2 Å². The highest BCUT2D eigenvalue weighted by Gasteiger charge is 2.30. The molecule has 0 spiro atoms. The number of rotatable bonds is 2. The van der Waals surface area contributed by atoms with Gasteiger partial charge in [-0.25, -0.2) is 4.98 Å². The first-order chi connectivity index (χ1) is 14.9. The molecule has 0 saturated heterocycles. The Hall–Kier alpha value is -3.51. The lowest BCUT2D eigenvalue weighted by Crippen LogP contribution is -2.23. The summed E-state index contributed by atoms with van der Waals surface area (Å²) >= 11 is 3.49. The first-order valence-electron chi connectivity index (χ1n) is 9.82. The summed E-state index contributed by atoms with van der Waals surface area (Å²) in [6, 6.07) is 20.7. The maximum Gasteiger partial charge on any atom is 0.266 e. The third-order valence-electron chi connectivity index (χ3n) is 5.48. The van der Waals surface area contributed by atoms with Gasteiger partial charge in [-0.1, -0.05) is 40.2 Å². The molecule has 1 aromatic heterocycles. The fraction of sp³-hybridized carbons (Fsp3) is 0.0800. The van der Waals surface area contributed by atoms with Gasteiger partial charge in [0.15, 0.2) is 0 Å². The highest BCUT2D eigenvalue weighted by Crippen LogP contribution is 2.38. The number of carbonyl (C=O) groups is 1. The minimum atomic E-state index is -0.170. The summed E-state index contributed by atoms with van der Waals surface area (Å²) in [5, 5.41) is 0.532. The van der Waals surface area contributed by atoms with Crippen molar-refractivity contribution in [1.29, 1.82) is 0 Å². The molecule has 0 saturated carbocycles. The van der Waals surface area contributed by atoms with Crippen molar-refractivity contribution in [2.75, 3.05) is 11.9 Å². The minimum absolute atomic E-state index is 0.133. The number of aromatic nitrogens is 2. The lowest BCUT2D eigenvalue weighted by Gasteiger charge is -2.13. The number of hydrogen-bond acceptors (Lipinski definition) is 3. The van der Waals surface area contributed by atoms with E-state index in [1.807, 2.05) is 67.6 Å². The van der Waals surface area contributed by atoms with Crippen molar-refractivity contribution in [3.05, 3.63) is 98.5 Å². The van der Waals surface area contributed by atoms with Crippen molar-refractivity contribution in [2.24, 2.45) is 0 Å². The molecule has 1 aliphatic heterocycles. The van der Waals surface area contributed by atoms with Gasteiger partial charge in [0.2, 0.25) is 0 Å². The predicted octanol–water partition coefficient (Wildman–Crippen LogP) is 4.97. The van der Waals surface area contributed by atoms with Crippen LogP contribution in [0.4, 0.5) is 5.69 Å². The highest BCUT2D eigenvalue weighted by molar-refractivity contribution is 9.10. The molecule has 0 bridgehead atoms. The Morgan fingerprint density at radius 3 is 2.58 bits per heavy atom. The van der Waals surface area contributed by atoms with Gasteiger partial charge in [0.25, 0.3) is 11.5 Å². The van der Waals surface area contributed by atoms with Crippen LogP contribution in [-0.2, 0) is 4.79 Å². The van der Waals surface area contributed by atoms with E-state index >= 15 is 0 Å². The first-order valence-corrected chi connectivity index (χ1v) is 10.6. The number of benzene rings is 3. The average Bonchev–Trinajstić information content (AvgIpc) is 2.98. The molecule has 6 heteroatoms. The molecule has 0 unspecified atom stereocenters. The van der Waals surface area contributed by atoms with Crippen molar-refractivity contribution in [3.8, 4) is 5.69 Å². The summed E-state index contributed by atoms with van der Waals surface area (Å²) in [7, 11) is 1.75. The maximum atomic E-state index is 13.5. The van der Waals surface area contributed by atoms with E-state index in [0.29, 0.717) is 28.0 Å². The molecule has 5 nitrogen and oxygen atoms in total. The van der Waals surface area contributed by atoms with E-state index in [2.05, 4.69) is 15.9 Å². The molecule has 5 rings (SSSR count). The molecule has 0 fully saturated rings. The van der Waals surface area contributed by atoms with Crippen LogP contribution >= 0.6 is 15.9 Å². The second kappa shape index (κ2) is 7.32. The summed E-state index contributed by atoms with van der Waals surface area (Å²) in [6.45, 7) is 1.98. The number of fused-ring (bicyclic) bond motifs is 2. The van der Waals surface area contributed by atoms with E-state index in [9.17, 15) is 9.59 Å². The molecule has 0 N–H and O–H groups in total. The largest absolute Gasteiger partial charge is 0.311 e. The van der Waals surface area contributed by atoms with Crippen molar-refractivity contribution in [3.63, 3.8) is 0 Å². The fourth-order valence-electron chi connectivity index (χ4n) is 3.95. The molecule has 3 aromatic carbocycles. The Balaban J connectivity index is 1.84. The summed E-state index contributed by atoms with van der Waals surface area (Å²) in [5.41, 5.74) is 4.30. The van der Waals surface area contributed by atoms with E-state index in [4.69, 9.17) is 4.98 Å². The molecule has 0 radical (unpaired) electrons. The van der Waals surface area contributed by atoms with Crippen LogP contribution in [0.5, 0.6) is 0 Å². The number of anilines is 1. The third kappa shape index (κ3) is 3.20. The van der Waals surface area contributed by atoms with Crippen LogP contribution in [0.15, 0.2) is 76.0 Å². The Morgan fingerprint density at radius 2 is 1.77 bits per heavy atom. The number of amides is 1. The highest BCUT2D eigenvalue weighted by atomic mass is 79.9. The van der Waals surface area contributed by atoms with Gasteiger partial charge in [-0.05, 0) is 61.0 Å². The maximum absolute atomic E-state index is 13.5. The molecular weight excluding hydrogens is 454 g/mol. The summed E-state index contributed by atoms with van der Waals surface area (Å²) < 4.78 is 2.45. The van der Waals surface area contributed by atoms with E-state index in [0.717, 1.165) is 21.3 Å². The number of likely N-dealkylation sites (N-methyl/N-ethyl adjacent to an activating group) is 1. The summed E-state index contributed by atoms with van der Waals surface area (Å²) in [5.74, 6) is 0.283. The van der Waals surface area contributed by atoms with Gasteiger partial charge in [0.1, 0.15) is 5.82 Å². The van der Waals surface area contributed by atoms with Crippen molar-refractivity contribution >= 4 is 50.1 Å². The second-order valence-corrected chi connectivity index (χ2v) is 8.47. The van der Waals surface area contributed by atoms with E-state index in [1.54, 1.807) is 28.7 Å². The Kier molecular flexibility index (Phi) is 4.59. The standard InChI is InChI=1S/C25H18BrN3O2/c1-15-6-5-7-17(12-15)29-23(27-21-9-4-3-8-18(21)25(29)31)14-20-19-13-16(26)10-11-22(19)28(2)24(20)30/h3-14H,1-2H3/b20-14-. The zero-order valence-corrected chi connectivity index (χ0v) is 18.6. The van der Waals surface area contributed by atoms with E-state index in [1.165, 1.54) is 0 Å². The van der Waals surface area contributed by atoms with Crippen LogP contribution in [0.3, 0.4) is 0 Å². The van der Waals surface area contributed by atoms with Gasteiger partial charge in [-0.2, -0.15) is 0 Å². The minimum Gasteiger partial charge on any atom is -0.311 e. The predicted molar refractivity (Wildman–Crippen MR) is 128 cm³/mol. The molecule has 0 aliphatic carbocycles. The number of nitrogens with zero attached hydrogens (tertiary/aromatic N) is 3. The summed E-state index contributed by atoms with van der Waals surface area (Å²) in [4.78, 5) is 32.9. The summed E-state index contributed by atoms with van der Waals surface area (Å²) in [6.07, 6.45) is 1.72. The molecule has 152 valence electrons. The average molecular weight is 472 g/mol. The number of para-hydroxylation sites is 1. The molecular formula is C25H18BrN3O2. The Morgan fingerprint density at radius 1 is 0.968 bits per heavy atom. The van der Waals surface area contributed by atoms with Gasteiger partial charge in [0, 0.05) is 17.1 Å². The van der Waals surface area contributed by atoms with Gasteiger partial charge >= 0.3 is 0 Å². The lowest BCUT2D eigenvalue weighted by molar-refractivity contribution is -0.112. The third-order valence-corrected chi connectivity index (χ3v) is 5.97. The van der Waals surface area contributed by atoms with Crippen LogP contribution in [0.2, 0.25) is 0 Å². The monoisotopic (exact) mass is 471 g/mol. The van der Waals surface area contributed by atoms with Crippen LogP contribution in [0.1, 0.15) is 17.0 Å². The second-order valence-electron chi connectivity index (χ2n) is 7.55. The van der Waals surface area contributed by atoms with Gasteiger partial charge in [-0.3, -0.25) is 14.2 Å². The molecule has 1 amide bonds. The van der Waals surface area contributed by atoms with Gasteiger partial charge in [0.05, 0.1) is 27.9 Å². The molecule has 4 aromatic rings. The molecule has 1 aliphatic rings. The fourth-order valence-corrected chi connectivity index (χ4v) is 4.31. The Labute approximate surface area is 187 Å². The quantitative estimate of drug-likeness (QED) is 0.387. The lowest BCUT2D eigenvalue weighted by atomic mass is 10.1. The number of hydrogen-bond donors (Lipinski definition) is 0. The van der Waals surface area contributed by atoms with Crippen molar-refractivity contribution in [2.45, 2.75) is 6.92 Å². The van der Waals surface area contributed by atoms with Gasteiger partial charge in [-0.15, -0.1) is 0 Å². The van der Waals surface area contributed by atoms with Gasteiger partial charge < -0.3 is 4.90 Å². The molecule has 0 atom stereocenters. The van der Waals surface area contributed by atoms with Crippen LogP contribution in [0, 0.1) is 6.92 Å². The topological polar surface area (TPSA) is 55.2 Å². The van der Waals surface area contributed by atoms with Crippen LogP contribution in [-0.4, -0.2) is 22.5 Å². The SMILES string of the molecule is Cc1cccc(-n2c(/C=C3\C(=O)N(C)c4ccc(Br)cc43)nc3ccccc3c2=O)c1. The number of aryl methyl sites for hydroxylation is 1. The zero-order chi connectivity index (χ0) is 21.7. The number of carbonyl (C=O) groups excluding carboxylic acids is 1. The normalized spacial score (nSPS) is 14.5. The van der Waals surface area contributed by atoms with Crippen molar-refractivity contribution in [1.82, 2.24) is 9.55 Å². The number of halogens is 1.